The molecule has 5 nitrogen and oxygen atoms in total. The molecule has 0 amide bonds. The van der Waals surface area contributed by atoms with E-state index in [9.17, 15) is 4.79 Å². The Kier molecular flexibility index (Phi) is 6.25. The van der Waals surface area contributed by atoms with Crippen molar-refractivity contribution in [3.8, 4) is 0 Å². The van der Waals surface area contributed by atoms with Crippen LogP contribution in [0, 0.1) is 0 Å². The molecule has 0 radical (unpaired) electrons. The Labute approximate surface area is 95.6 Å². The van der Waals surface area contributed by atoms with Gasteiger partial charge in [0.25, 0.3) is 0 Å². The maximum Gasteiger partial charge on any atom is 0.307 e. The molecule has 5 heteroatoms. The van der Waals surface area contributed by atoms with Crippen LogP contribution in [0.4, 0.5) is 0 Å². The second-order valence-corrected chi connectivity index (χ2v) is 3.55. The van der Waals surface area contributed by atoms with Gasteiger partial charge in [-0.1, -0.05) is 6.92 Å². The first-order valence-electron chi connectivity index (χ1n) is 5.66. The first-order valence-corrected chi connectivity index (χ1v) is 5.66. The molecular weight excluding hydrogens is 206 g/mol. The molecule has 1 heterocycles. The highest BCUT2D eigenvalue weighted by atomic mass is 16.5. The number of carbonyl (C=O) groups excluding carboxylic acids is 1. The van der Waals surface area contributed by atoms with Gasteiger partial charge in [-0.25, -0.2) is 4.98 Å². The molecule has 1 rings (SSSR count). The maximum absolute atomic E-state index is 11.1. The third kappa shape index (κ3) is 5.50. The van der Waals surface area contributed by atoms with Crippen LogP contribution < -0.4 is 5.32 Å². The van der Waals surface area contributed by atoms with Crippen LogP contribution in [0.1, 0.15) is 25.5 Å². The molecular formula is C11H19N3O2. The quantitative estimate of drug-likeness (QED) is 0.509. The summed E-state index contributed by atoms with van der Waals surface area (Å²) in [5, 5.41) is 3.18. The van der Waals surface area contributed by atoms with E-state index in [1.165, 1.54) is 0 Å². The van der Waals surface area contributed by atoms with Gasteiger partial charge in [0.15, 0.2) is 0 Å². The fraction of sp³-hybridized carbons (Fsp3) is 0.636. The van der Waals surface area contributed by atoms with E-state index in [-0.39, 0.29) is 5.97 Å². The van der Waals surface area contributed by atoms with Crippen LogP contribution in [0.25, 0.3) is 0 Å². The number of nitrogens with one attached hydrogen (secondary N) is 2. The molecule has 0 aliphatic carbocycles. The van der Waals surface area contributed by atoms with E-state index in [0.29, 0.717) is 19.6 Å². The first-order chi connectivity index (χ1) is 7.83. The predicted molar refractivity (Wildman–Crippen MR) is 61.0 cm³/mol. The lowest BCUT2D eigenvalue weighted by atomic mass is 10.3. The number of nitrogens with zero attached hydrogens (tertiary/aromatic N) is 1. The predicted octanol–water partition coefficient (Wildman–Crippen LogP) is 0.885. The van der Waals surface area contributed by atoms with Crippen molar-refractivity contribution in [2.75, 3.05) is 19.7 Å². The highest BCUT2D eigenvalue weighted by Gasteiger charge is 2.01. The summed E-state index contributed by atoms with van der Waals surface area (Å²) in [6.45, 7) is 4.00. The Morgan fingerprint density at radius 1 is 1.56 bits per heavy atom. The number of hydrogen-bond acceptors (Lipinski definition) is 4. The van der Waals surface area contributed by atoms with Crippen LogP contribution >= 0.6 is 0 Å². The number of imidazole rings is 1. The fourth-order valence-electron chi connectivity index (χ4n) is 1.25. The van der Waals surface area contributed by atoms with Gasteiger partial charge in [0.1, 0.15) is 0 Å². The Balaban J connectivity index is 1.93. The molecule has 0 atom stereocenters. The van der Waals surface area contributed by atoms with Crippen molar-refractivity contribution in [3.05, 3.63) is 18.2 Å². The van der Waals surface area contributed by atoms with Crippen molar-refractivity contribution in [1.29, 1.82) is 0 Å². The van der Waals surface area contributed by atoms with Crippen LogP contribution in [0.15, 0.2) is 12.5 Å². The summed E-state index contributed by atoms with van der Waals surface area (Å²) in [6.07, 6.45) is 5.67. The second-order valence-electron chi connectivity index (χ2n) is 3.55. The fourth-order valence-corrected chi connectivity index (χ4v) is 1.25. The van der Waals surface area contributed by atoms with E-state index in [4.69, 9.17) is 4.74 Å². The topological polar surface area (TPSA) is 67.0 Å². The summed E-state index contributed by atoms with van der Waals surface area (Å²) < 4.78 is 4.95. The number of hydrogen-bond donors (Lipinski definition) is 2. The highest BCUT2D eigenvalue weighted by Crippen LogP contribution is 1.91. The minimum atomic E-state index is -0.129. The molecule has 0 spiro atoms. The molecule has 0 fully saturated rings. The van der Waals surface area contributed by atoms with Gasteiger partial charge in [-0.05, 0) is 6.42 Å². The molecule has 1 aromatic rings. The van der Waals surface area contributed by atoms with E-state index in [2.05, 4.69) is 15.3 Å². The second kappa shape index (κ2) is 7.87. The molecule has 0 bridgehead atoms. The summed E-state index contributed by atoms with van der Waals surface area (Å²) in [6, 6.07) is 0. The van der Waals surface area contributed by atoms with Crippen molar-refractivity contribution in [2.45, 2.75) is 26.2 Å². The zero-order chi connectivity index (χ0) is 11.6. The number of H-pyrrole nitrogens is 1. The zero-order valence-corrected chi connectivity index (χ0v) is 9.66. The van der Waals surface area contributed by atoms with Gasteiger partial charge in [0.05, 0.1) is 19.4 Å². The van der Waals surface area contributed by atoms with Crippen LogP contribution in [0.3, 0.4) is 0 Å². The van der Waals surface area contributed by atoms with E-state index >= 15 is 0 Å². The van der Waals surface area contributed by atoms with E-state index < -0.39 is 0 Å². The highest BCUT2D eigenvalue weighted by molar-refractivity contribution is 5.69. The van der Waals surface area contributed by atoms with Gasteiger partial charge in [-0.15, -0.1) is 0 Å². The molecule has 90 valence electrons. The van der Waals surface area contributed by atoms with E-state index in [1.54, 1.807) is 12.5 Å². The largest absolute Gasteiger partial charge is 0.466 e. The number of carbonyl (C=O) groups is 1. The summed E-state index contributed by atoms with van der Waals surface area (Å²) >= 11 is 0. The van der Waals surface area contributed by atoms with Gasteiger partial charge >= 0.3 is 5.97 Å². The third-order valence-corrected chi connectivity index (χ3v) is 2.10. The molecule has 16 heavy (non-hydrogen) atoms. The smallest absolute Gasteiger partial charge is 0.307 e. The van der Waals surface area contributed by atoms with Gasteiger partial charge in [-0.3, -0.25) is 4.79 Å². The average Bonchev–Trinajstić information content (AvgIpc) is 2.79. The Morgan fingerprint density at radius 2 is 2.44 bits per heavy atom. The summed E-state index contributed by atoms with van der Waals surface area (Å²) in [7, 11) is 0. The molecule has 0 aliphatic rings. The number of rotatable bonds is 8. The lowest BCUT2D eigenvalue weighted by Gasteiger charge is -2.04. The van der Waals surface area contributed by atoms with Crippen molar-refractivity contribution < 1.29 is 9.53 Å². The molecule has 0 aromatic carbocycles. The van der Waals surface area contributed by atoms with Crippen LogP contribution in [-0.4, -0.2) is 35.6 Å². The van der Waals surface area contributed by atoms with Crippen molar-refractivity contribution >= 4 is 5.97 Å². The van der Waals surface area contributed by atoms with Crippen molar-refractivity contribution in [3.63, 3.8) is 0 Å². The minimum Gasteiger partial charge on any atom is -0.466 e. The van der Waals surface area contributed by atoms with E-state index in [1.807, 2.05) is 6.92 Å². The number of esters is 1. The first kappa shape index (κ1) is 12.7. The van der Waals surface area contributed by atoms with Crippen LogP contribution in [0.5, 0.6) is 0 Å². The Hall–Kier alpha value is -1.36. The van der Waals surface area contributed by atoms with Crippen LogP contribution in [-0.2, 0) is 16.0 Å². The zero-order valence-electron chi connectivity index (χ0n) is 9.66. The van der Waals surface area contributed by atoms with Crippen molar-refractivity contribution in [2.24, 2.45) is 0 Å². The van der Waals surface area contributed by atoms with Crippen molar-refractivity contribution in [1.82, 2.24) is 15.3 Å². The Morgan fingerprint density at radius 3 is 3.12 bits per heavy atom. The standard InChI is InChI=1S/C11H19N3O2/c1-2-7-16-11(15)4-6-12-5-3-10-8-13-9-14-10/h8-9,12H,2-7H2,1H3,(H,13,14). The minimum absolute atomic E-state index is 0.129. The summed E-state index contributed by atoms with van der Waals surface area (Å²) in [4.78, 5) is 18.1. The lowest BCUT2D eigenvalue weighted by molar-refractivity contribution is -0.143. The molecule has 1 aromatic heterocycles. The molecule has 2 N–H and O–H groups in total. The number of ether oxygens (including phenoxy) is 1. The average molecular weight is 225 g/mol. The SMILES string of the molecule is CCCOC(=O)CCNCCc1cnc[nH]1. The monoisotopic (exact) mass is 225 g/mol. The molecule has 0 unspecified atom stereocenters. The molecule has 0 saturated heterocycles. The molecule has 0 aliphatic heterocycles. The normalized spacial score (nSPS) is 10.3. The summed E-state index contributed by atoms with van der Waals surface area (Å²) in [5.41, 5.74) is 1.10. The summed E-state index contributed by atoms with van der Waals surface area (Å²) in [5.74, 6) is -0.129. The van der Waals surface area contributed by atoms with Gasteiger partial charge < -0.3 is 15.0 Å². The third-order valence-electron chi connectivity index (χ3n) is 2.10. The molecule has 0 saturated carbocycles. The van der Waals surface area contributed by atoms with Gasteiger partial charge in [-0.2, -0.15) is 0 Å². The van der Waals surface area contributed by atoms with Gasteiger partial charge in [0.2, 0.25) is 0 Å². The number of aromatic nitrogens is 2. The Bertz CT molecular complexity index is 285. The van der Waals surface area contributed by atoms with Gasteiger partial charge in [0, 0.05) is 31.4 Å². The maximum atomic E-state index is 11.1. The number of aromatic amines is 1. The van der Waals surface area contributed by atoms with E-state index in [0.717, 1.165) is 25.1 Å². The van der Waals surface area contributed by atoms with Crippen LogP contribution in [0.2, 0.25) is 0 Å². The lowest BCUT2D eigenvalue weighted by Crippen LogP contribution is -2.22.